The Balaban J connectivity index is 2.08. The van der Waals surface area contributed by atoms with Gasteiger partial charge in [0.25, 0.3) is 0 Å². The first-order valence-electron chi connectivity index (χ1n) is 8.05. The van der Waals surface area contributed by atoms with E-state index in [-0.39, 0.29) is 0 Å². The summed E-state index contributed by atoms with van der Waals surface area (Å²) in [6.07, 6.45) is 13.6. The van der Waals surface area contributed by atoms with Crippen LogP contribution in [0.2, 0.25) is 0 Å². The average Bonchev–Trinajstić information content (AvgIpc) is 2.35. The van der Waals surface area contributed by atoms with E-state index in [2.05, 4.69) is 32.2 Å². The molecule has 4 saturated carbocycles. The minimum Gasteiger partial charge on any atom is -0.327 e. The van der Waals surface area contributed by atoms with Gasteiger partial charge in [-0.25, -0.2) is 0 Å². The lowest BCUT2D eigenvalue weighted by Gasteiger charge is -2.69. The minimum atomic E-state index is 0.306. The van der Waals surface area contributed by atoms with Gasteiger partial charge in [0.05, 0.1) is 0 Å². The van der Waals surface area contributed by atoms with Gasteiger partial charge in [-0.1, -0.05) is 12.2 Å². The lowest BCUT2D eigenvalue weighted by atomic mass is 9.36. The molecule has 0 aliphatic heterocycles. The molecule has 2 N–H and O–H groups in total. The molecule has 0 aromatic rings. The second-order valence-corrected chi connectivity index (χ2v) is 7.63. The molecule has 0 amide bonds. The van der Waals surface area contributed by atoms with Gasteiger partial charge in [-0.15, -0.1) is 13.2 Å². The molecular formula is C18H29N. The molecule has 0 heterocycles. The van der Waals surface area contributed by atoms with Gasteiger partial charge in [0.2, 0.25) is 0 Å². The summed E-state index contributed by atoms with van der Waals surface area (Å²) in [4.78, 5) is 0. The summed E-state index contributed by atoms with van der Waals surface area (Å²) in [5, 5.41) is 0. The highest BCUT2D eigenvalue weighted by Crippen LogP contribution is 2.71. The Hall–Kier alpha value is -0.560. The van der Waals surface area contributed by atoms with Crippen LogP contribution in [0.15, 0.2) is 25.3 Å². The number of rotatable bonds is 5. The molecule has 0 aromatic carbocycles. The maximum Gasteiger partial charge on any atom is 0.00728 e. The van der Waals surface area contributed by atoms with Gasteiger partial charge in [-0.2, -0.15) is 0 Å². The van der Waals surface area contributed by atoms with E-state index in [9.17, 15) is 0 Å². The van der Waals surface area contributed by atoms with Gasteiger partial charge in [-0.3, -0.25) is 0 Å². The summed E-state index contributed by atoms with van der Waals surface area (Å²) in [6.45, 7) is 10.4. The molecule has 4 aliphatic carbocycles. The Labute approximate surface area is 118 Å². The van der Waals surface area contributed by atoms with Crippen LogP contribution >= 0.6 is 0 Å². The van der Waals surface area contributed by atoms with Crippen LogP contribution in [0.3, 0.4) is 0 Å². The molecule has 19 heavy (non-hydrogen) atoms. The molecule has 3 unspecified atom stereocenters. The quantitative estimate of drug-likeness (QED) is 0.732. The molecule has 0 spiro atoms. The average molecular weight is 259 g/mol. The van der Waals surface area contributed by atoms with Crippen molar-refractivity contribution in [1.29, 1.82) is 0 Å². The lowest BCUT2D eigenvalue weighted by molar-refractivity contribution is -0.184. The van der Waals surface area contributed by atoms with Crippen LogP contribution in [0.25, 0.3) is 0 Å². The van der Waals surface area contributed by atoms with Crippen LogP contribution in [0.1, 0.15) is 51.9 Å². The Morgan fingerprint density at radius 3 is 2.05 bits per heavy atom. The maximum absolute atomic E-state index is 6.56. The Morgan fingerprint density at radius 1 is 1.11 bits per heavy atom. The van der Waals surface area contributed by atoms with Crippen LogP contribution in [0.4, 0.5) is 0 Å². The fourth-order valence-corrected chi connectivity index (χ4v) is 6.44. The first-order valence-corrected chi connectivity index (χ1v) is 8.05. The van der Waals surface area contributed by atoms with Crippen LogP contribution in [-0.2, 0) is 0 Å². The third-order valence-electron chi connectivity index (χ3n) is 6.87. The third-order valence-corrected chi connectivity index (χ3v) is 6.87. The van der Waals surface area contributed by atoms with Gasteiger partial charge in [0.1, 0.15) is 0 Å². The predicted molar refractivity (Wildman–Crippen MR) is 81.7 cm³/mol. The summed E-state index contributed by atoms with van der Waals surface area (Å²) in [5.74, 6) is 2.76. The van der Waals surface area contributed by atoms with E-state index in [1.165, 1.54) is 32.1 Å². The molecule has 4 aliphatic rings. The lowest BCUT2D eigenvalue weighted by Crippen LogP contribution is -2.65. The topological polar surface area (TPSA) is 26.0 Å². The molecular weight excluding hydrogens is 230 g/mol. The van der Waals surface area contributed by atoms with E-state index < -0.39 is 0 Å². The highest BCUT2D eigenvalue weighted by atomic mass is 14.8. The largest absolute Gasteiger partial charge is 0.327 e. The highest BCUT2D eigenvalue weighted by Gasteiger charge is 2.65. The Bertz CT molecular complexity index is 357. The predicted octanol–water partition coefficient (Wildman–Crippen LogP) is 4.30. The Kier molecular flexibility index (Phi) is 3.16. The molecule has 4 rings (SSSR count). The monoisotopic (exact) mass is 259 g/mol. The standard InChI is InChI=1S/C18H29N/c1-4-6-17(7-5-2)16-9-14-8-15(10-16)12-18(17,11-14)13(3)19/h4-5,13-16H,1-2,6-12,19H2,3H3. The number of allylic oxidation sites excluding steroid dienone is 2. The van der Waals surface area contributed by atoms with Crippen molar-refractivity contribution in [2.75, 3.05) is 0 Å². The molecule has 1 nitrogen and oxygen atoms in total. The third kappa shape index (κ3) is 1.63. The van der Waals surface area contributed by atoms with Crippen molar-refractivity contribution >= 4 is 0 Å². The van der Waals surface area contributed by atoms with Crippen LogP contribution in [-0.4, -0.2) is 6.04 Å². The second kappa shape index (κ2) is 4.48. The molecule has 0 aromatic heterocycles. The summed E-state index contributed by atoms with van der Waals surface area (Å²) < 4.78 is 0. The van der Waals surface area contributed by atoms with Crippen molar-refractivity contribution in [1.82, 2.24) is 0 Å². The summed E-state index contributed by atoms with van der Waals surface area (Å²) in [5.41, 5.74) is 7.27. The minimum absolute atomic E-state index is 0.306. The SMILES string of the molecule is C=CCC1(CC=C)C2CC3CC(C2)CC1(C(C)N)C3. The van der Waals surface area contributed by atoms with Crippen LogP contribution in [0.5, 0.6) is 0 Å². The van der Waals surface area contributed by atoms with Gasteiger partial charge >= 0.3 is 0 Å². The fraction of sp³-hybridized carbons (Fsp3) is 0.778. The maximum atomic E-state index is 6.56. The van der Waals surface area contributed by atoms with Crippen molar-refractivity contribution in [3.05, 3.63) is 25.3 Å². The molecule has 4 fully saturated rings. The number of nitrogens with two attached hydrogens (primary N) is 1. The van der Waals surface area contributed by atoms with Gasteiger partial charge in [-0.05, 0) is 80.5 Å². The molecule has 0 radical (unpaired) electrons. The number of hydrogen-bond donors (Lipinski definition) is 1. The molecule has 3 atom stereocenters. The Morgan fingerprint density at radius 2 is 1.63 bits per heavy atom. The summed E-state index contributed by atoms with van der Waals surface area (Å²) in [6, 6.07) is 0.306. The van der Waals surface area contributed by atoms with Crippen LogP contribution < -0.4 is 5.73 Å². The van der Waals surface area contributed by atoms with Gasteiger partial charge < -0.3 is 5.73 Å². The molecule has 0 saturated heterocycles. The molecule has 106 valence electrons. The van der Waals surface area contributed by atoms with E-state index in [1.807, 2.05) is 0 Å². The van der Waals surface area contributed by atoms with Crippen molar-refractivity contribution in [2.24, 2.45) is 34.3 Å². The van der Waals surface area contributed by atoms with Gasteiger partial charge in [0, 0.05) is 6.04 Å². The zero-order valence-electron chi connectivity index (χ0n) is 12.4. The fourth-order valence-electron chi connectivity index (χ4n) is 6.44. The first kappa shape index (κ1) is 13.4. The van der Waals surface area contributed by atoms with E-state index in [0.29, 0.717) is 16.9 Å². The van der Waals surface area contributed by atoms with Crippen molar-refractivity contribution in [3.63, 3.8) is 0 Å². The molecule has 1 heteroatoms. The smallest absolute Gasteiger partial charge is 0.00728 e. The van der Waals surface area contributed by atoms with Gasteiger partial charge in [0.15, 0.2) is 0 Å². The summed E-state index contributed by atoms with van der Waals surface area (Å²) in [7, 11) is 0. The van der Waals surface area contributed by atoms with Crippen LogP contribution in [0, 0.1) is 28.6 Å². The number of hydrogen-bond acceptors (Lipinski definition) is 1. The van der Waals surface area contributed by atoms with Crippen molar-refractivity contribution < 1.29 is 0 Å². The highest BCUT2D eigenvalue weighted by molar-refractivity contribution is 5.18. The van der Waals surface area contributed by atoms with E-state index in [1.54, 1.807) is 0 Å². The van der Waals surface area contributed by atoms with E-state index in [4.69, 9.17) is 5.73 Å². The summed E-state index contributed by atoms with van der Waals surface area (Å²) >= 11 is 0. The van der Waals surface area contributed by atoms with E-state index in [0.717, 1.165) is 30.6 Å². The first-order chi connectivity index (χ1) is 9.08. The molecule has 4 bridgehead atoms. The van der Waals surface area contributed by atoms with Crippen molar-refractivity contribution in [3.8, 4) is 0 Å². The second-order valence-electron chi connectivity index (χ2n) is 7.63. The van der Waals surface area contributed by atoms with E-state index >= 15 is 0 Å². The van der Waals surface area contributed by atoms with Crippen molar-refractivity contribution in [2.45, 2.75) is 57.9 Å². The zero-order chi connectivity index (χ0) is 13.7. The zero-order valence-corrected chi connectivity index (χ0v) is 12.4. The normalized spacial score (nSPS) is 44.0.